The lowest BCUT2D eigenvalue weighted by Gasteiger charge is -2.27. The van der Waals surface area contributed by atoms with Crippen LogP contribution in [0.1, 0.15) is 15.9 Å². The van der Waals surface area contributed by atoms with Crippen LogP contribution in [0.5, 0.6) is 0 Å². The van der Waals surface area contributed by atoms with Gasteiger partial charge in [0.05, 0.1) is 19.3 Å². The molecule has 1 saturated heterocycles. The smallest absolute Gasteiger partial charge is 0.254 e. The number of carbonyl (C=O) groups excluding carboxylic acids is 2. The van der Waals surface area contributed by atoms with Crippen molar-refractivity contribution >= 4 is 29.9 Å². The Labute approximate surface area is 165 Å². The molecule has 0 aliphatic carbocycles. The molecule has 1 heterocycles. The van der Waals surface area contributed by atoms with Gasteiger partial charge in [-0.25, -0.2) is 0 Å². The van der Waals surface area contributed by atoms with Crippen molar-refractivity contribution in [3.63, 3.8) is 0 Å². The van der Waals surface area contributed by atoms with Crippen molar-refractivity contribution in [1.82, 2.24) is 4.90 Å². The normalized spacial score (nSPS) is 14.8. The third-order valence-electron chi connectivity index (χ3n) is 4.31. The van der Waals surface area contributed by atoms with Crippen LogP contribution in [0.25, 0.3) is 0 Å². The van der Waals surface area contributed by atoms with Crippen LogP contribution in [0.4, 0.5) is 5.69 Å². The molecule has 7 heteroatoms. The first-order valence-electron chi connectivity index (χ1n) is 8.71. The van der Waals surface area contributed by atoms with Crippen LogP contribution in [0.3, 0.4) is 0 Å². The second-order valence-electron chi connectivity index (χ2n) is 6.27. The third-order valence-corrected chi connectivity index (χ3v) is 4.31. The van der Waals surface area contributed by atoms with E-state index in [9.17, 15) is 9.59 Å². The number of halogens is 1. The van der Waals surface area contributed by atoms with Crippen LogP contribution < -0.4 is 11.1 Å². The SMILES string of the molecule is Cl.N[C@@H](Cc1ccccc1)C(=O)Nc1cccc(C(=O)N2CCOCC2)c1. The fourth-order valence-corrected chi connectivity index (χ4v) is 2.87. The van der Waals surface area contributed by atoms with E-state index in [-0.39, 0.29) is 24.2 Å². The molecule has 2 amide bonds. The Kier molecular flexibility index (Phi) is 7.79. The zero-order chi connectivity index (χ0) is 18.4. The highest BCUT2D eigenvalue weighted by atomic mass is 35.5. The maximum absolute atomic E-state index is 12.5. The number of nitrogens with zero attached hydrogens (tertiary/aromatic N) is 1. The number of anilines is 1. The van der Waals surface area contributed by atoms with Gasteiger partial charge in [0, 0.05) is 24.3 Å². The van der Waals surface area contributed by atoms with Crippen molar-refractivity contribution in [1.29, 1.82) is 0 Å². The highest BCUT2D eigenvalue weighted by Gasteiger charge is 2.19. The molecule has 1 fully saturated rings. The van der Waals surface area contributed by atoms with Crippen molar-refractivity contribution in [2.75, 3.05) is 31.6 Å². The molecule has 6 nitrogen and oxygen atoms in total. The molecular weight excluding hydrogens is 366 g/mol. The predicted molar refractivity (Wildman–Crippen MR) is 107 cm³/mol. The minimum Gasteiger partial charge on any atom is -0.378 e. The van der Waals surface area contributed by atoms with E-state index in [2.05, 4.69) is 5.32 Å². The van der Waals surface area contributed by atoms with Gasteiger partial charge in [-0.2, -0.15) is 0 Å². The maximum Gasteiger partial charge on any atom is 0.254 e. The van der Waals surface area contributed by atoms with E-state index in [4.69, 9.17) is 10.5 Å². The summed E-state index contributed by atoms with van der Waals surface area (Å²) in [4.78, 5) is 26.7. The van der Waals surface area contributed by atoms with E-state index in [1.165, 1.54) is 0 Å². The number of hydrogen-bond acceptors (Lipinski definition) is 4. The number of nitrogens with one attached hydrogen (secondary N) is 1. The summed E-state index contributed by atoms with van der Waals surface area (Å²) in [5.41, 5.74) is 8.13. The Hall–Kier alpha value is -2.41. The Morgan fingerprint density at radius 2 is 1.78 bits per heavy atom. The van der Waals surface area contributed by atoms with E-state index in [0.717, 1.165) is 5.56 Å². The summed E-state index contributed by atoms with van der Waals surface area (Å²) in [5.74, 6) is -0.331. The Bertz CT molecular complexity index is 764. The first kappa shape index (κ1) is 20.9. The quantitative estimate of drug-likeness (QED) is 0.820. The summed E-state index contributed by atoms with van der Waals surface area (Å²) in [5, 5.41) is 2.80. The molecule has 2 aromatic carbocycles. The molecule has 1 atom stereocenters. The summed E-state index contributed by atoms with van der Waals surface area (Å²) in [7, 11) is 0. The molecule has 0 spiro atoms. The van der Waals surface area contributed by atoms with Crippen molar-refractivity contribution in [2.24, 2.45) is 5.73 Å². The molecule has 1 aliphatic rings. The van der Waals surface area contributed by atoms with E-state index in [1.807, 2.05) is 30.3 Å². The second kappa shape index (κ2) is 10.1. The summed E-state index contributed by atoms with van der Waals surface area (Å²) < 4.78 is 5.27. The summed E-state index contributed by atoms with van der Waals surface area (Å²) in [6, 6.07) is 15.9. The van der Waals surface area contributed by atoms with Gasteiger partial charge in [-0.1, -0.05) is 36.4 Å². The van der Waals surface area contributed by atoms with Gasteiger partial charge in [-0.05, 0) is 30.2 Å². The largest absolute Gasteiger partial charge is 0.378 e. The average molecular weight is 390 g/mol. The number of carbonyl (C=O) groups is 2. The Balaban J connectivity index is 0.00000261. The van der Waals surface area contributed by atoms with Crippen molar-refractivity contribution in [2.45, 2.75) is 12.5 Å². The molecule has 0 bridgehead atoms. The molecular formula is C20H24ClN3O3. The zero-order valence-electron chi connectivity index (χ0n) is 15.0. The van der Waals surface area contributed by atoms with Gasteiger partial charge in [-0.3, -0.25) is 9.59 Å². The lowest BCUT2D eigenvalue weighted by atomic mass is 10.1. The standard InChI is InChI=1S/C20H23N3O3.ClH/c21-18(13-15-5-2-1-3-6-15)19(24)22-17-8-4-7-16(14-17)20(25)23-9-11-26-12-10-23;/h1-8,14,18H,9-13,21H2,(H,22,24);1H/t18-;/m0./s1. The van der Waals surface area contributed by atoms with Crippen molar-refractivity contribution in [3.8, 4) is 0 Å². The fourth-order valence-electron chi connectivity index (χ4n) is 2.87. The molecule has 0 unspecified atom stereocenters. The van der Waals surface area contributed by atoms with Crippen molar-refractivity contribution in [3.05, 3.63) is 65.7 Å². The number of morpholine rings is 1. The third kappa shape index (κ3) is 5.79. The zero-order valence-corrected chi connectivity index (χ0v) is 15.8. The van der Waals surface area contributed by atoms with E-state index < -0.39 is 6.04 Å². The molecule has 0 saturated carbocycles. The predicted octanol–water partition coefficient (Wildman–Crippen LogP) is 2.09. The topological polar surface area (TPSA) is 84.7 Å². The highest BCUT2D eigenvalue weighted by Crippen LogP contribution is 2.14. The number of hydrogen-bond donors (Lipinski definition) is 2. The Morgan fingerprint density at radius 3 is 2.48 bits per heavy atom. The van der Waals surface area contributed by atoms with Gasteiger partial charge in [0.2, 0.25) is 5.91 Å². The van der Waals surface area contributed by atoms with Crippen LogP contribution >= 0.6 is 12.4 Å². The van der Waals surface area contributed by atoms with Gasteiger partial charge < -0.3 is 20.7 Å². The van der Waals surface area contributed by atoms with E-state index in [0.29, 0.717) is 44.0 Å². The Morgan fingerprint density at radius 1 is 1.07 bits per heavy atom. The minimum atomic E-state index is -0.656. The number of ether oxygens (including phenoxy) is 1. The molecule has 2 aromatic rings. The lowest BCUT2D eigenvalue weighted by molar-refractivity contribution is -0.117. The summed E-state index contributed by atoms with van der Waals surface area (Å²) in [6.45, 7) is 2.27. The van der Waals surface area contributed by atoms with E-state index >= 15 is 0 Å². The van der Waals surface area contributed by atoms with Crippen LogP contribution in [-0.2, 0) is 16.0 Å². The van der Waals surface area contributed by atoms with Gasteiger partial charge in [-0.15, -0.1) is 12.4 Å². The summed E-state index contributed by atoms with van der Waals surface area (Å²) in [6.07, 6.45) is 0.457. The summed E-state index contributed by atoms with van der Waals surface area (Å²) >= 11 is 0. The van der Waals surface area contributed by atoms with E-state index in [1.54, 1.807) is 29.2 Å². The number of amides is 2. The van der Waals surface area contributed by atoms with Gasteiger partial charge in [0.15, 0.2) is 0 Å². The molecule has 27 heavy (non-hydrogen) atoms. The van der Waals surface area contributed by atoms with Gasteiger partial charge in [0.25, 0.3) is 5.91 Å². The molecule has 0 radical (unpaired) electrons. The number of rotatable bonds is 5. The molecule has 144 valence electrons. The maximum atomic E-state index is 12.5. The first-order valence-corrected chi connectivity index (χ1v) is 8.71. The molecule has 3 N–H and O–H groups in total. The average Bonchev–Trinajstić information content (AvgIpc) is 2.69. The second-order valence-corrected chi connectivity index (χ2v) is 6.27. The monoisotopic (exact) mass is 389 g/mol. The molecule has 3 rings (SSSR count). The molecule has 1 aliphatic heterocycles. The van der Waals surface area contributed by atoms with Crippen molar-refractivity contribution < 1.29 is 14.3 Å². The van der Waals surface area contributed by atoms with Gasteiger partial charge >= 0.3 is 0 Å². The van der Waals surface area contributed by atoms with Crippen LogP contribution in [0, 0.1) is 0 Å². The first-order chi connectivity index (χ1) is 12.6. The van der Waals surface area contributed by atoms with Crippen LogP contribution in [0.15, 0.2) is 54.6 Å². The molecule has 0 aromatic heterocycles. The fraction of sp³-hybridized carbons (Fsp3) is 0.300. The van der Waals surface area contributed by atoms with Crippen LogP contribution in [0.2, 0.25) is 0 Å². The van der Waals surface area contributed by atoms with Crippen LogP contribution in [-0.4, -0.2) is 49.1 Å². The lowest BCUT2D eigenvalue weighted by Crippen LogP contribution is -2.40. The number of nitrogens with two attached hydrogens (primary N) is 1. The highest BCUT2D eigenvalue weighted by molar-refractivity contribution is 5.98. The van der Waals surface area contributed by atoms with Gasteiger partial charge in [0.1, 0.15) is 0 Å². The number of benzene rings is 2. The minimum absolute atomic E-state index is 0.